The smallest absolute Gasteiger partial charge is 0.273 e. The maximum absolute atomic E-state index is 12.5. The number of nitrogens with zero attached hydrogens (tertiary/aromatic N) is 3. The number of benzene rings is 1. The van der Waals surface area contributed by atoms with E-state index in [9.17, 15) is 4.79 Å². The Hall–Kier alpha value is -1.92. The molecule has 1 aliphatic heterocycles. The largest absolute Gasteiger partial charge is 0.344 e. The first-order valence-electron chi connectivity index (χ1n) is 8.36. The van der Waals surface area contributed by atoms with Crippen molar-refractivity contribution < 1.29 is 4.79 Å². The van der Waals surface area contributed by atoms with Crippen LogP contribution in [0.25, 0.3) is 0 Å². The molecule has 0 radical (unpaired) electrons. The third-order valence-corrected chi connectivity index (χ3v) is 4.66. The van der Waals surface area contributed by atoms with Gasteiger partial charge in [0.05, 0.1) is 18.3 Å². The molecule has 0 spiro atoms. The molecule has 1 aromatic carbocycles. The van der Waals surface area contributed by atoms with Gasteiger partial charge in [0.2, 0.25) is 0 Å². The fourth-order valence-corrected chi connectivity index (χ4v) is 3.10. The Labute approximate surface area is 146 Å². The molecule has 7 heteroatoms. The monoisotopic (exact) mass is 347 g/mol. The van der Waals surface area contributed by atoms with Crippen LogP contribution in [0.2, 0.25) is 5.02 Å². The molecule has 1 aromatic heterocycles. The van der Waals surface area contributed by atoms with Crippen LogP contribution in [-0.4, -0.2) is 34.0 Å². The molecule has 24 heavy (non-hydrogen) atoms. The van der Waals surface area contributed by atoms with Crippen molar-refractivity contribution in [3.8, 4) is 0 Å². The lowest BCUT2D eigenvalue weighted by Gasteiger charge is -2.22. The highest BCUT2D eigenvalue weighted by Crippen LogP contribution is 2.20. The summed E-state index contributed by atoms with van der Waals surface area (Å²) in [6, 6.07) is 7.78. The van der Waals surface area contributed by atoms with E-state index in [0.717, 1.165) is 37.9 Å². The van der Waals surface area contributed by atoms with Gasteiger partial charge in [-0.25, -0.2) is 4.68 Å². The number of halogens is 1. The van der Waals surface area contributed by atoms with Gasteiger partial charge in [-0.3, -0.25) is 4.79 Å². The summed E-state index contributed by atoms with van der Waals surface area (Å²) in [7, 11) is 0. The summed E-state index contributed by atoms with van der Waals surface area (Å²) in [6.45, 7) is 3.98. The SMILES string of the molecule is CCC(NC(=O)c1cn(C2CCNCC2)nn1)c1ccc(Cl)cc1. The topological polar surface area (TPSA) is 71.8 Å². The normalized spacial score (nSPS) is 16.8. The molecule has 2 heterocycles. The standard InChI is InChI=1S/C17H22ClN5O/c1-2-15(12-3-5-13(18)6-4-12)20-17(24)16-11-23(22-21-16)14-7-9-19-10-8-14/h3-6,11,14-15,19H,2,7-10H2,1H3,(H,20,24). The lowest BCUT2D eigenvalue weighted by Crippen LogP contribution is -2.30. The zero-order chi connectivity index (χ0) is 16.9. The van der Waals surface area contributed by atoms with Crippen LogP contribution in [0.1, 0.15) is 54.3 Å². The molecule has 0 saturated carbocycles. The maximum atomic E-state index is 12.5. The highest BCUT2D eigenvalue weighted by Gasteiger charge is 2.20. The Balaban J connectivity index is 1.67. The van der Waals surface area contributed by atoms with Gasteiger partial charge in [0.1, 0.15) is 0 Å². The Morgan fingerprint density at radius 1 is 1.38 bits per heavy atom. The summed E-state index contributed by atoms with van der Waals surface area (Å²) in [4.78, 5) is 12.5. The van der Waals surface area contributed by atoms with Gasteiger partial charge in [0.25, 0.3) is 5.91 Å². The number of hydrogen-bond donors (Lipinski definition) is 2. The van der Waals surface area contributed by atoms with Crippen molar-refractivity contribution in [3.63, 3.8) is 0 Å². The second-order valence-electron chi connectivity index (χ2n) is 6.05. The van der Waals surface area contributed by atoms with Crippen LogP contribution in [0.3, 0.4) is 0 Å². The molecule has 1 fully saturated rings. The molecule has 3 rings (SSSR count). The van der Waals surface area contributed by atoms with E-state index in [2.05, 4.69) is 20.9 Å². The summed E-state index contributed by atoms with van der Waals surface area (Å²) >= 11 is 5.92. The lowest BCUT2D eigenvalue weighted by molar-refractivity contribution is 0.0930. The van der Waals surface area contributed by atoms with Crippen molar-refractivity contribution in [2.75, 3.05) is 13.1 Å². The van der Waals surface area contributed by atoms with Crippen LogP contribution in [0.15, 0.2) is 30.5 Å². The minimum Gasteiger partial charge on any atom is -0.344 e. The predicted octanol–water partition coefficient (Wildman–Crippen LogP) is 2.74. The number of nitrogens with one attached hydrogen (secondary N) is 2. The van der Waals surface area contributed by atoms with Crippen LogP contribution >= 0.6 is 11.6 Å². The van der Waals surface area contributed by atoms with Crippen molar-refractivity contribution >= 4 is 17.5 Å². The number of rotatable bonds is 5. The number of amides is 1. The predicted molar refractivity (Wildman–Crippen MR) is 93.1 cm³/mol. The Kier molecular flexibility index (Phi) is 5.48. The minimum absolute atomic E-state index is 0.0706. The Bertz CT molecular complexity index is 679. The van der Waals surface area contributed by atoms with Crippen molar-refractivity contribution in [3.05, 3.63) is 46.7 Å². The van der Waals surface area contributed by atoms with Gasteiger partial charge in [0, 0.05) is 5.02 Å². The fourth-order valence-electron chi connectivity index (χ4n) is 2.98. The second kappa shape index (κ2) is 7.77. The summed E-state index contributed by atoms with van der Waals surface area (Å²) < 4.78 is 1.82. The van der Waals surface area contributed by atoms with Gasteiger partial charge in [-0.1, -0.05) is 35.9 Å². The van der Waals surface area contributed by atoms with Crippen molar-refractivity contribution in [1.82, 2.24) is 25.6 Å². The average Bonchev–Trinajstić information content (AvgIpc) is 3.11. The van der Waals surface area contributed by atoms with Gasteiger partial charge in [0.15, 0.2) is 5.69 Å². The van der Waals surface area contributed by atoms with E-state index in [-0.39, 0.29) is 11.9 Å². The Morgan fingerprint density at radius 2 is 2.08 bits per heavy atom. The number of hydrogen-bond acceptors (Lipinski definition) is 4. The highest BCUT2D eigenvalue weighted by atomic mass is 35.5. The highest BCUT2D eigenvalue weighted by molar-refractivity contribution is 6.30. The number of carbonyl (C=O) groups is 1. The van der Waals surface area contributed by atoms with Crippen LogP contribution in [0.4, 0.5) is 0 Å². The first-order chi connectivity index (χ1) is 11.7. The van der Waals surface area contributed by atoms with Gasteiger partial charge in [-0.05, 0) is 50.0 Å². The second-order valence-corrected chi connectivity index (χ2v) is 6.49. The minimum atomic E-state index is -0.197. The molecule has 1 amide bonds. The van der Waals surface area contributed by atoms with E-state index in [0.29, 0.717) is 16.8 Å². The van der Waals surface area contributed by atoms with Crippen LogP contribution < -0.4 is 10.6 Å². The summed E-state index contributed by atoms with van der Waals surface area (Å²) in [5.74, 6) is -0.197. The van der Waals surface area contributed by atoms with Crippen LogP contribution in [0.5, 0.6) is 0 Å². The van der Waals surface area contributed by atoms with E-state index in [1.54, 1.807) is 6.20 Å². The van der Waals surface area contributed by atoms with Gasteiger partial charge >= 0.3 is 0 Å². The van der Waals surface area contributed by atoms with Gasteiger partial charge < -0.3 is 10.6 Å². The quantitative estimate of drug-likeness (QED) is 0.872. The molecule has 6 nitrogen and oxygen atoms in total. The zero-order valence-electron chi connectivity index (χ0n) is 13.7. The average molecular weight is 348 g/mol. The summed E-state index contributed by atoms with van der Waals surface area (Å²) in [5, 5.41) is 15.2. The summed E-state index contributed by atoms with van der Waals surface area (Å²) in [5.41, 5.74) is 1.39. The molecule has 128 valence electrons. The fraction of sp³-hybridized carbons (Fsp3) is 0.471. The van der Waals surface area contributed by atoms with Crippen LogP contribution in [-0.2, 0) is 0 Å². The van der Waals surface area contributed by atoms with Gasteiger partial charge in [-0.15, -0.1) is 5.10 Å². The molecule has 2 aromatic rings. The third kappa shape index (κ3) is 3.94. The van der Waals surface area contributed by atoms with E-state index < -0.39 is 0 Å². The number of piperidine rings is 1. The first-order valence-corrected chi connectivity index (χ1v) is 8.74. The van der Waals surface area contributed by atoms with Crippen molar-refractivity contribution in [2.24, 2.45) is 0 Å². The number of aromatic nitrogens is 3. The van der Waals surface area contributed by atoms with E-state index in [1.165, 1.54) is 0 Å². The molecule has 0 bridgehead atoms. The lowest BCUT2D eigenvalue weighted by atomic mass is 10.0. The van der Waals surface area contributed by atoms with E-state index in [1.807, 2.05) is 35.9 Å². The third-order valence-electron chi connectivity index (χ3n) is 4.41. The maximum Gasteiger partial charge on any atom is 0.273 e. The molecular weight excluding hydrogens is 326 g/mol. The zero-order valence-corrected chi connectivity index (χ0v) is 14.5. The molecule has 2 N–H and O–H groups in total. The van der Waals surface area contributed by atoms with E-state index in [4.69, 9.17) is 11.6 Å². The Morgan fingerprint density at radius 3 is 2.75 bits per heavy atom. The molecule has 1 atom stereocenters. The molecule has 1 saturated heterocycles. The molecule has 1 aliphatic rings. The van der Waals surface area contributed by atoms with Crippen LogP contribution in [0, 0.1) is 0 Å². The van der Waals surface area contributed by atoms with Crippen molar-refractivity contribution in [2.45, 2.75) is 38.3 Å². The first kappa shape index (κ1) is 16.9. The summed E-state index contributed by atoms with van der Waals surface area (Å²) in [6.07, 6.45) is 4.55. The van der Waals surface area contributed by atoms with Gasteiger partial charge in [-0.2, -0.15) is 0 Å². The van der Waals surface area contributed by atoms with E-state index >= 15 is 0 Å². The molecular formula is C17H22ClN5O. The van der Waals surface area contributed by atoms with Crippen molar-refractivity contribution in [1.29, 1.82) is 0 Å². The molecule has 1 unspecified atom stereocenters. The molecule has 0 aliphatic carbocycles. The number of carbonyl (C=O) groups excluding carboxylic acids is 1.